The van der Waals surface area contributed by atoms with E-state index in [1.807, 2.05) is 30.3 Å². The van der Waals surface area contributed by atoms with Gasteiger partial charge in [0.25, 0.3) is 0 Å². The van der Waals surface area contributed by atoms with Gasteiger partial charge in [-0.05, 0) is 5.56 Å². The van der Waals surface area contributed by atoms with Gasteiger partial charge in [-0.1, -0.05) is 30.3 Å². The number of benzene rings is 1. The zero-order chi connectivity index (χ0) is 14.4. The molecule has 2 aromatic rings. The van der Waals surface area contributed by atoms with Gasteiger partial charge in [0.15, 0.2) is 0 Å². The van der Waals surface area contributed by atoms with Crippen molar-refractivity contribution in [3.63, 3.8) is 0 Å². The summed E-state index contributed by atoms with van der Waals surface area (Å²) in [5.41, 5.74) is 0.696. The lowest BCUT2D eigenvalue weighted by molar-refractivity contribution is -0.119. The van der Waals surface area contributed by atoms with Crippen molar-refractivity contribution in [2.45, 2.75) is 20.1 Å². The van der Waals surface area contributed by atoms with Gasteiger partial charge in [0, 0.05) is 13.0 Å². The smallest absolute Gasteiger partial charge is 0.227 e. The monoisotopic (exact) mass is 273 g/mol. The van der Waals surface area contributed by atoms with Crippen LogP contribution in [0.3, 0.4) is 0 Å². The summed E-state index contributed by atoms with van der Waals surface area (Å²) in [7, 11) is 0. The van der Waals surface area contributed by atoms with Gasteiger partial charge in [-0.25, -0.2) is 0 Å². The molecule has 2 rings (SSSR count). The second-order valence-electron chi connectivity index (χ2n) is 4.26. The van der Waals surface area contributed by atoms with Crippen LogP contribution in [0.1, 0.15) is 18.2 Å². The fourth-order valence-corrected chi connectivity index (χ4v) is 1.58. The van der Waals surface area contributed by atoms with Crippen molar-refractivity contribution in [3.8, 4) is 5.75 Å². The quantitative estimate of drug-likeness (QED) is 0.902. The molecule has 0 saturated heterocycles. The van der Waals surface area contributed by atoms with E-state index in [1.165, 1.54) is 19.3 Å². The minimum absolute atomic E-state index is 0.153. The van der Waals surface area contributed by atoms with Gasteiger partial charge in [0.05, 0.1) is 6.54 Å². The molecule has 1 N–H and O–H groups in total. The second kappa shape index (κ2) is 6.56. The van der Waals surface area contributed by atoms with Crippen molar-refractivity contribution in [2.24, 2.45) is 0 Å². The van der Waals surface area contributed by atoms with Crippen molar-refractivity contribution in [3.05, 3.63) is 64.2 Å². The molecule has 0 aliphatic carbocycles. The average Bonchev–Trinajstić information content (AvgIpc) is 2.45. The van der Waals surface area contributed by atoms with Crippen LogP contribution in [0.25, 0.3) is 0 Å². The van der Waals surface area contributed by atoms with Gasteiger partial charge >= 0.3 is 0 Å². The minimum atomic E-state index is -0.271. The molecule has 0 aliphatic rings. The number of carbonyl (C=O) groups is 1. The Bertz CT molecular complexity index is 634. The van der Waals surface area contributed by atoms with Gasteiger partial charge in [0.1, 0.15) is 18.6 Å². The van der Waals surface area contributed by atoms with Crippen molar-refractivity contribution < 1.29 is 13.9 Å². The van der Waals surface area contributed by atoms with Gasteiger partial charge < -0.3 is 14.5 Å². The maximum atomic E-state index is 11.8. The lowest BCUT2D eigenvalue weighted by atomic mass is 10.2. The van der Waals surface area contributed by atoms with Crippen molar-refractivity contribution >= 4 is 5.91 Å². The fraction of sp³-hybridized carbons (Fsp3) is 0.200. The molecule has 0 aliphatic heterocycles. The predicted octanol–water partition coefficient (Wildman–Crippen LogP) is 1.85. The molecule has 0 bridgehead atoms. The first kappa shape index (κ1) is 13.9. The third-order valence-electron chi connectivity index (χ3n) is 2.60. The molecule has 1 aromatic carbocycles. The Labute approximate surface area is 116 Å². The van der Waals surface area contributed by atoms with E-state index in [9.17, 15) is 9.59 Å². The van der Waals surface area contributed by atoms with E-state index in [-0.39, 0.29) is 23.6 Å². The summed E-state index contributed by atoms with van der Waals surface area (Å²) < 4.78 is 10.6. The summed E-state index contributed by atoms with van der Waals surface area (Å²) >= 11 is 0. The number of amides is 1. The largest absolute Gasteiger partial charge is 0.482 e. The van der Waals surface area contributed by atoms with Crippen molar-refractivity contribution in [1.82, 2.24) is 5.32 Å². The van der Waals surface area contributed by atoms with E-state index in [0.29, 0.717) is 12.4 Å². The van der Waals surface area contributed by atoms with Crippen LogP contribution in [0.5, 0.6) is 5.75 Å². The molecule has 1 heterocycles. The van der Waals surface area contributed by atoms with Crippen LogP contribution in [-0.4, -0.2) is 5.91 Å². The molecule has 0 atom stereocenters. The molecule has 1 amide bonds. The fourth-order valence-electron chi connectivity index (χ4n) is 1.58. The normalized spacial score (nSPS) is 10.1. The van der Waals surface area contributed by atoms with Gasteiger partial charge in [-0.3, -0.25) is 9.59 Å². The van der Waals surface area contributed by atoms with E-state index < -0.39 is 0 Å². The summed E-state index contributed by atoms with van der Waals surface area (Å²) in [5, 5.41) is 2.55. The van der Waals surface area contributed by atoms with Crippen LogP contribution in [0.4, 0.5) is 0 Å². The first-order valence-corrected chi connectivity index (χ1v) is 6.18. The Balaban J connectivity index is 1.99. The molecular formula is C15H15NO4. The molecule has 5 nitrogen and oxygen atoms in total. The van der Waals surface area contributed by atoms with Crippen LogP contribution in [0.15, 0.2) is 51.9 Å². The zero-order valence-electron chi connectivity index (χ0n) is 11.1. The van der Waals surface area contributed by atoms with Crippen LogP contribution >= 0.6 is 0 Å². The first-order chi connectivity index (χ1) is 9.65. The number of rotatable bonds is 5. The Kier molecular flexibility index (Phi) is 4.55. The summed E-state index contributed by atoms with van der Waals surface area (Å²) in [6.07, 6.45) is 1.27. The van der Waals surface area contributed by atoms with Crippen molar-refractivity contribution in [2.75, 3.05) is 0 Å². The molecule has 20 heavy (non-hydrogen) atoms. The summed E-state index contributed by atoms with van der Waals surface area (Å²) in [4.78, 5) is 22.6. The van der Waals surface area contributed by atoms with Gasteiger partial charge in [0.2, 0.25) is 17.1 Å². The lowest BCUT2D eigenvalue weighted by Gasteiger charge is -2.06. The number of ether oxygens (including phenoxy) is 1. The highest BCUT2D eigenvalue weighted by atomic mass is 16.5. The van der Waals surface area contributed by atoms with Crippen LogP contribution in [0, 0.1) is 0 Å². The predicted molar refractivity (Wildman–Crippen MR) is 73.3 cm³/mol. The highest BCUT2D eigenvalue weighted by molar-refractivity contribution is 5.72. The number of carbonyl (C=O) groups excluding carboxylic acids is 1. The molecule has 104 valence electrons. The zero-order valence-corrected chi connectivity index (χ0v) is 11.1. The van der Waals surface area contributed by atoms with E-state index >= 15 is 0 Å². The van der Waals surface area contributed by atoms with E-state index in [2.05, 4.69) is 5.32 Å². The second-order valence-corrected chi connectivity index (χ2v) is 4.26. The summed E-state index contributed by atoms with van der Waals surface area (Å²) in [5.74, 6) is 0.356. The summed E-state index contributed by atoms with van der Waals surface area (Å²) in [6, 6.07) is 10.8. The SMILES string of the molecule is CC(=O)NCc1cc(=O)c(OCc2ccccc2)co1. The van der Waals surface area contributed by atoms with E-state index in [1.54, 1.807) is 0 Å². The Morgan fingerprint density at radius 3 is 2.70 bits per heavy atom. The summed E-state index contributed by atoms with van der Waals surface area (Å²) in [6.45, 7) is 1.88. The van der Waals surface area contributed by atoms with Crippen molar-refractivity contribution in [1.29, 1.82) is 0 Å². The Hall–Kier alpha value is -2.56. The van der Waals surface area contributed by atoms with Gasteiger partial charge in [-0.2, -0.15) is 0 Å². The molecule has 0 saturated carbocycles. The Morgan fingerprint density at radius 1 is 1.30 bits per heavy atom. The number of nitrogens with one attached hydrogen (secondary N) is 1. The lowest BCUT2D eigenvalue weighted by Crippen LogP contribution is -2.20. The third kappa shape index (κ3) is 3.98. The maximum absolute atomic E-state index is 11.8. The van der Waals surface area contributed by atoms with E-state index in [0.717, 1.165) is 5.56 Å². The molecule has 5 heteroatoms. The molecule has 1 aromatic heterocycles. The van der Waals surface area contributed by atoms with Crippen LogP contribution < -0.4 is 15.5 Å². The molecule has 0 unspecified atom stereocenters. The third-order valence-corrected chi connectivity index (χ3v) is 2.60. The molecule has 0 fully saturated rings. The number of hydrogen-bond donors (Lipinski definition) is 1. The minimum Gasteiger partial charge on any atom is -0.482 e. The molecule has 0 radical (unpaired) electrons. The highest BCUT2D eigenvalue weighted by Gasteiger charge is 2.05. The van der Waals surface area contributed by atoms with E-state index in [4.69, 9.17) is 9.15 Å². The topological polar surface area (TPSA) is 68.5 Å². The van der Waals surface area contributed by atoms with Crippen LogP contribution in [0.2, 0.25) is 0 Å². The average molecular weight is 273 g/mol. The highest BCUT2D eigenvalue weighted by Crippen LogP contribution is 2.09. The standard InChI is InChI=1S/C15H15NO4/c1-11(17)16-8-13-7-14(18)15(10-19-13)20-9-12-5-3-2-4-6-12/h2-7,10H,8-9H2,1H3,(H,16,17). The van der Waals surface area contributed by atoms with Gasteiger partial charge in [-0.15, -0.1) is 0 Å². The molecule has 0 spiro atoms. The maximum Gasteiger partial charge on any atom is 0.227 e. The van der Waals surface area contributed by atoms with Crippen LogP contribution in [-0.2, 0) is 17.9 Å². The molecular weight excluding hydrogens is 258 g/mol. The number of hydrogen-bond acceptors (Lipinski definition) is 4. The first-order valence-electron chi connectivity index (χ1n) is 6.18. The Morgan fingerprint density at radius 2 is 2.05 bits per heavy atom.